The van der Waals surface area contributed by atoms with Crippen LogP contribution in [0.5, 0.6) is 0 Å². The number of nitrogens with one attached hydrogen (secondary N) is 1. The van der Waals surface area contributed by atoms with E-state index in [9.17, 15) is 0 Å². The molecule has 3 aromatic rings. The van der Waals surface area contributed by atoms with Crippen LogP contribution in [0.1, 0.15) is 5.56 Å². The van der Waals surface area contributed by atoms with E-state index in [4.69, 9.17) is 11.6 Å². The Morgan fingerprint density at radius 2 is 1.78 bits per heavy atom. The molecule has 0 unspecified atom stereocenters. The number of piperazine rings is 1. The zero-order valence-corrected chi connectivity index (χ0v) is 15.6. The molecule has 1 fully saturated rings. The average molecular weight is 383 g/mol. The van der Waals surface area contributed by atoms with Gasteiger partial charge in [-0.15, -0.1) is 5.10 Å². The minimum Gasteiger partial charge on any atom is -0.352 e. The van der Waals surface area contributed by atoms with Gasteiger partial charge < -0.3 is 15.1 Å². The molecule has 1 aromatic carbocycles. The highest BCUT2D eigenvalue weighted by Gasteiger charge is 2.20. The summed E-state index contributed by atoms with van der Waals surface area (Å²) in [7, 11) is 0. The predicted octanol–water partition coefficient (Wildman–Crippen LogP) is 2.69. The van der Waals surface area contributed by atoms with Gasteiger partial charge in [0.1, 0.15) is 0 Å². The first-order valence-corrected chi connectivity index (χ1v) is 9.07. The molecule has 9 heteroatoms. The Balaban J connectivity index is 1.43. The molecule has 0 aliphatic carbocycles. The first-order chi connectivity index (χ1) is 13.2. The first-order valence-electron chi connectivity index (χ1n) is 8.69. The molecule has 0 radical (unpaired) electrons. The molecule has 3 heterocycles. The van der Waals surface area contributed by atoms with Crippen molar-refractivity contribution in [3.8, 4) is 0 Å². The maximum atomic E-state index is 6.18. The summed E-state index contributed by atoms with van der Waals surface area (Å²) in [6, 6.07) is 7.57. The monoisotopic (exact) mass is 382 g/mol. The molecule has 0 bridgehead atoms. The van der Waals surface area contributed by atoms with E-state index in [-0.39, 0.29) is 0 Å². The van der Waals surface area contributed by atoms with Crippen LogP contribution in [0, 0.1) is 6.92 Å². The number of hydrogen-bond donors (Lipinski definition) is 1. The van der Waals surface area contributed by atoms with Crippen molar-refractivity contribution in [1.82, 2.24) is 25.1 Å². The Bertz CT molecular complexity index is 912. The Hall–Kier alpha value is -3.00. The molecule has 0 spiro atoms. The molecular weight excluding hydrogens is 364 g/mol. The summed E-state index contributed by atoms with van der Waals surface area (Å²) >= 11 is 6.18. The van der Waals surface area contributed by atoms with Gasteiger partial charge in [-0.2, -0.15) is 10.1 Å². The largest absolute Gasteiger partial charge is 0.352 e. The second-order valence-corrected chi connectivity index (χ2v) is 6.66. The SMILES string of the molecule is Cc1ccc(Nc2nncc(N3CCN(c4ncccn4)CC3)n2)cc1Cl. The van der Waals surface area contributed by atoms with E-state index in [0.717, 1.165) is 49.2 Å². The molecule has 1 aliphatic heterocycles. The van der Waals surface area contributed by atoms with Crippen LogP contribution >= 0.6 is 11.6 Å². The van der Waals surface area contributed by atoms with E-state index in [1.54, 1.807) is 18.6 Å². The van der Waals surface area contributed by atoms with Crippen molar-refractivity contribution < 1.29 is 0 Å². The number of rotatable bonds is 4. The number of aromatic nitrogens is 5. The van der Waals surface area contributed by atoms with Crippen molar-refractivity contribution in [3.63, 3.8) is 0 Å². The number of nitrogens with zero attached hydrogens (tertiary/aromatic N) is 7. The molecule has 0 amide bonds. The standard InChI is InChI=1S/C18H19ClN8/c1-13-3-4-14(11-15(13)19)23-17-24-16(12-22-25-17)26-7-9-27(10-8-26)18-20-5-2-6-21-18/h2-6,11-12H,7-10H2,1H3,(H,23,24,25). The predicted molar refractivity (Wildman–Crippen MR) is 106 cm³/mol. The maximum Gasteiger partial charge on any atom is 0.249 e. The van der Waals surface area contributed by atoms with Gasteiger partial charge in [0.25, 0.3) is 0 Å². The highest BCUT2D eigenvalue weighted by molar-refractivity contribution is 6.31. The topological polar surface area (TPSA) is 83.0 Å². The van der Waals surface area contributed by atoms with E-state index in [0.29, 0.717) is 11.0 Å². The van der Waals surface area contributed by atoms with Crippen molar-refractivity contribution in [1.29, 1.82) is 0 Å². The van der Waals surface area contributed by atoms with Gasteiger partial charge in [0, 0.05) is 49.3 Å². The molecule has 1 N–H and O–H groups in total. The van der Waals surface area contributed by atoms with Crippen LogP contribution in [0.3, 0.4) is 0 Å². The van der Waals surface area contributed by atoms with Gasteiger partial charge in [0.2, 0.25) is 11.9 Å². The fraction of sp³-hybridized carbons (Fsp3) is 0.278. The van der Waals surface area contributed by atoms with Gasteiger partial charge >= 0.3 is 0 Å². The average Bonchev–Trinajstić information content (AvgIpc) is 2.72. The number of hydrogen-bond acceptors (Lipinski definition) is 8. The Morgan fingerprint density at radius 1 is 1.04 bits per heavy atom. The van der Waals surface area contributed by atoms with Crippen molar-refractivity contribution >= 4 is 35.0 Å². The second kappa shape index (κ2) is 7.71. The lowest BCUT2D eigenvalue weighted by Crippen LogP contribution is -2.47. The van der Waals surface area contributed by atoms with Crippen molar-refractivity contribution in [3.05, 3.63) is 53.4 Å². The van der Waals surface area contributed by atoms with Gasteiger partial charge in [-0.1, -0.05) is 17.7 Å². The third kappa shape index (κ3) is 4.06. The van der Waals surface area contributed by atoms with E-state index >= 15 is 0 Å². The fourth-order valence-electron chi connectivity index (χ4n) is 2.89. The molecule has 0 atom stereocenters. The summed E-state index contributed by atoms with van der Waals surface area (Å²) in [5.74, 6) is 2.00. The third-order valence-electron chi connectivity index (χ3n) is 4.41. The Labute approximate surface area is 162 Å². The van der Waals surface area contributed by atoms with Crippen LogP contribution in [0.2, 0.25) is 5.02 Å². The molecule has 1 saturated heterocycles. The van der Waals surface area contributed by atoms with Gasteiger partial charge in [-0.25, -0.2) is 9.97 Å². The minimum absolute atomic E-state index is 0.446. The number of anilines is 4. The second-order valence-electron chi connectivity index (χ2n) is 6.25. The minimum atomic E-state index is 0.446. The molecule has 4 rings (SSSR count). The van der Waals surface area contributed by atoms with Crippen molar-refractivity contribution in [2.45, 2.75) is 6.92 Å². The molecule has 8 nitrogen and oxygen atoms in total. The van der Waals surface area contributed by atoms with Crippen LogP contribution in [0.4, 0.5) is 23.4 Å². The fourth-order valence-corrected chi connectivity index (χ4v) is 3.07. The third-order valence-corrected chi connectivity index (χ3v) is 4.82. The molecule has 1 aliphatic rings. The highest BCUT2D eigenvalue weighted by atomic mass is 35.5. The van der Waals surface area contributed by atoms with Gasteiger partial charge in [0.05, 0.1) is 6.20 Å². The summed E-state index contributed by atoms with van der Waals surface area (Å²) < 4.78 is 0. The number of aryl methyl sites for hydroxylation is 1. The van der Waals surface area contributed by atoms with E-state index < -0.39 is 0 Å². The van der Waals surface area contributed by atoms with Crippen molar-refractivity contribution in [2.24, 2.45) is 0 Å². The molecular formula is C18H19ClN8. The lowest BCUT2D eigenvalue weighted by Gasteiger charge is -2.35. The van der Waals surface area contributed by atoms with E-state index in [1.165, 1.54) is 0 Å². The smallest absolute Gasteiger partial charge is 0.249 e. The lowest BCUT2D eigenvalue weighted by molar-refractivity contribution is 0.632. The first kappa shape index (κ1) is 17.4. The van der Waals surface area contributed by atoms with Crippen LogP contribution < -0.4 is 15.1 Å². The molecule has 138 valence electrons. The quantitative estimate of drug-likeness (QED) is 0.737. The number of halogens is 1. The zero-order chi connectivity index (χ0) is 18.6. The summed E-state index contributed by atoms with van der Waals surface area (Å²) in [4.78, 5) is 17.6. The molecule has 0 saturated carbocycles. The lowest BCUT2D eigenvalue weighted by atomic mass is 10.2. The zero-order valence-electron chi connectivity index (χ0n) is 14.9. The van der Waals surface area contributed by atoms with Crippen LogP contribution in [0.15, 0.2) is 42.9 Å². The van der Waals surface area contributed by atoms with Crippen LogP contribution in [0.25, 0.3) is 0 Å². The highest BCUT2D eigenvalue weighted by Crippen LogP contribution is 2.22. The summed E-state index contributed by atoms with van der Waals surface area (Å²) in [5.41, 5.74) is 1.85. The van der Waals surface area contributed by atoms with E-state index in [1.807, 2.05) is 31.2 Å². The van der Waals surface area contributed by atoms with Gasteiger partial charge in [0.15, 0.2) is 5.82 Å². The van der Waals surface area contributed by atoms with Gasteiger partial charge in [-0.3, -0.25) is 0 Å². The van der Waals surface area contributed by atoms with Gasteiger partial charge in [-0.05, 0) is 30.7 Å². The van der Waals surface area contributed by atoms with E-state index in [2.05, 4.69) is 40.3 Å². The normalized spacial score (nSPS) is 14.3. The Kier molecular flexibility index (Phi) is 4.97. The summed E-state index contributed by atoms with van der Waals surface area (Å²) in [6.45, 7) is 5.24. The Morgan fingerprint density at radius 3 is 2.52 bits per heavy atom. The van der Waals surface area contributed by atoms with Crippen LogP contribution in [-0.4, -0.2) is 51.3 Å². The van der Waals surface area contributed by atoms with Crippen LogP contribution in [-0.2, 0) is 0 Å². The number of benzene rings is 1. The maximum absolute atomic E-state index is 6.18. The summed E-state index contributed by atoms with van der Waals surface area (Å²) in [6.07, 6.45) is 5.21. The van der Waals surface area contributed by atoms with Crippen molar-refractivity contribution in [2.75, 3.05) is 41.3 Å². The molecule has 2 aromatic heterocycles. The summed E-state index contributed by atoms with van der Waals surface area (Å²) in [5, 5.41) is 12.0. The molecule has 27 heavy (non-hydrogen) atoms.